The molecule has 0 spiro atoms. The largest absolute Gasteiger partial charge is 0.493 e. The number of aromatic amines is 1. The Morgan fingerprint density at radius 3 is 2.44 bits per heavy atom. The van der Waals surface area contributed by atoms with E-state index in [1.807, 2.05) is 31.2 Å². The van der Waals surface area contributed by atoms with Gasteiger partial charge in [0.1, 0.15) is 0 Å². The first-order chi connectivity index (χ1) is 13.0. The van der Waals surface area contributed by atoms with Gasteiger partial charge in [-0.05, 0) is 66.8 Å². The van der Waals surface area contributed by atoms with Gasteiger partial charge in [-0.25, -0.2) is 0 Å². The minimum atomic E-state index is -0.178. The maximum absolute atomic E-state index is 12.9. The molecule has 1 atom stereocenters. The summed E-state index contributed by atoms with van der Waals surface area (Å²) in [7, 11) is 3.27. The fraction of sp³-hybridized carbons (Fsp3) is 0.318. The molecule has 0 amide bonds. The van der Waals surface area contributed by atoms with Gasteiger partial charge in [-0.15, -0.1) is 0 Å². The van der Waals surface area contributed by atoms with Crippen molar-refractivity contribution < 1.29 is 9.47 Å². The first-order valence-corrected chi connectivity index (χ1v) is 9.14. The van der Waals surface area contributed by atoms with Gasteiger partial charge < -0.3 is 19.8 Å². The van der Waals surface area contributed by atoms with E-state index in [4.69, 9.17) is 9.47 Å². The maximum Gasteiger partial charge on any atom is 0.253 e. The van der Waals surface area contributed by atoms with Crippen LogP contribution in [-0.2, 0) is 6.42 Å². The zero-order chi connectivity index (χ0) is 19.1. The van der Waals surface area contributed by atoms with Crippen LogP contribution >= 0.6 is 0 Å². The highest BCUT2D eigenvalue weighted by molar-refractivity contribution is 5.83. The van der Waals surface area contributed by atoms with Crippen molar-refractivity contribution in [2.45, 2.75) is 26.3 Å². The molecular formula is C22H24N2O3. The molecule has 27 heavy (non-hydrogen) atoms. The van der Waals surface area contributed by atoms with Crippen LogP contribution in [0.1, 0.15) is 33.9 Å². The lowest BCUT2D eigenvalue weighted by Crippen LogP contribution is -2.34. The Bertz CT molecular complexity index is 1090. The SMILES string of the molecule is COc1cc2c(cc1OC)C(c1cc3c(C)cc(C)cc3[nH]c1=O)NCC2. The Labute approximate surface area is 158 Å². The zero-order valence-corrected chi connectivity index (χ0v) is 16.1. The number of hydrogen-bond acceptors (Lipinski definition) is 4. The highest BCUT2D eigenvalue weighted by Gasteiger charge is 2.26. The summed E-state index contributed by atoms with van der Waals surface area (Å²) in [6.07, 6.45) is 0.885. The molecule has 0 bridgehead atoms. The molecule has 2 N–H and O–H groups in total. The Morgan fingerprint density at radius 1 is 0.963 bits per heavy atom. The van der Waals surface area contributed by atoms with E-state index in [1.54, 1.807) is 14.2 Å². The summed E-state index contributed by atoms with van der Waals surface area (Å²) in [6.45, 7) is 4.92. The van der Waals surface area contributed by atoms with Gasteiger partial charge in [-0.1, -0.05) is 6.07 Å². The average Bonchev–Trinajstić information content (AvgIpc) is 2.65. The van der Waals surface area contributed by atoms with Gasteiger partial charge >= 0.3 is 0 Å². The zero-order valence-electron chi connectivity index (χ0n) is 16.1. The van der Waals surface area contributed by atoms with Gasteiger partial charge in [0.05, 0.1) is 20.3 Å². The number of aromatic nitrogens is 1. The molecule has 0 radical (unpaired) electrons. The Balaban J connectivity index is 1.91. The quantitative estimate of drug-likeness (QED) is 0.748. The highest BCUT2D eigenvalue weighted by atomic mass is 16.5. The number of H-pyrrole nitrogens is 1. The second-order valence-electron chi connectivity index (χ2n) is 7.14. The van der Waals surface area contributed by atoms with Crippen molar-refractivity contribution in [1.82, 2.24) is 10.3 Å². The number of hydrogen-bond donors (Lipinski definition) is 2. The molecule has 1 aromatic heterocycles. The fourth-order valence-electron chi connectivity index (χ4n) is 4.06. The third kappa shape index (κ3) is 2.98. The van der Waals surface area contributed by atoms with Crippen LogP contribution in [0.3, 0.4) is 0 Å². The molecule has 1 aliphatic heterocycles. The van der Waals surface area contributed by atoms with Crippen molar-refractivity contribution in [2.24, 2.45) is 0 Å². The minimum absolute atomic E-state index is 0.0624. The molecule has 2 aromatic carbocycles. The standard InChI is InChI=1S/C22H24N2O3/c1-12-7-13(2)15-10-17(22(25)24-18(15)8-12)21-16-11-20(27-4)19(26-3)9-14(16)5-6-23-21/h7-11,21,23H,5-6H2,1-4H3,(H,24,25). The van der Waals surface area contributed by atoms with Gasteiger partial charge in [-0.2, -0.15) is 0 Å². The minimum Gasteiger partial charge on any atom is -0.493 e. The summed E-state index contributed by atoms with van der Waals surface area (Å²) in [5.74, 6) is 1.39. The molecule has 0 aliphatic carbocycles. The van der Waals surface area contributed by atoms with Gasteiger partial charge in [-0.3, -0.25) is 4.79 Å². The molecule has 5 nitrogen and oxygen atoms in total. The summed E-state index contributed by atoms with van der Waals surface area (Å²) >= 11 is 0. The van der Waals surface area contributed by atoms with Gasteiger partial charge in [0.2, 0.25) is 0 Å². The van der Waals surface area contributed by atoms with Crippen LogP contribution in [0.15, 0.2) is 35.1 Å². The summed E-state index contributed by atoms with van der Waals surface area (Å²) in [4.78, 5) is 16.0. The molecule has 0 fully saturated rings. The van der Waals surface area contributed by atoms with E-state index in [0.29, 0.717) is 5.75 Å². The predicted molar refractivity (Wildman–Crippen MR) is 107 cm³/mol. The van der Waals surface area contributed by atoms with E-state index in [2.05, 4.69) is 23.3 Å². The first-order valence-electron chi connectivity index (χ1n) is 9.14. The number of benzene rings is 2. The molecule has 0 saturated carbocycles. The summed E-state index contributed by atoms with van der Waals surface area (Å²) in [5, 5.41) is 4.57. The number of pyridine rings is 1. The van der Waals surface area contributed by atoms with Gasteiger partial charge in [0, 0.05) is 23.0 Å². The third-order valence-electron chi connectivity index (χ3n) is 5.35. The van der Waals surface area contributed by atoms with Crippen LogP contribution in [-0.4, -0.2) is 25.7 Å². The number of ether oxygens (including phenoxy) is 2. The van der Waals surface area contributed by atoms with Crippen LogP contribution in [0.4, 0.5) is 0 Å². The molecular weight excluding hydrogens is 340 g/mol. The number of aryl methyl sites for hydroxylation is 2. The lowest BCUT2D eigenvalue weighted by atomic mass is 9.89. The topological polar surface area (TPSA) is 63.4 Å². The van der Waals surface area contributed by atoms with Crippen LogP contribution < -0.4 is 20.3 Å². The van der Waals surface area contributed by atoms with E-state index in [0.717, 1.165) is 51.9 Å². The number of fused-ring (bicyclic) bond motifs is 2. The van der Waals surface area contributed by atoms with Crippen molar-refractivity contribution >= 4 is 10.9 Å². The molecule has 0 saturated heterocycles. The Morgan fingerprint density at radius 2 is 1.70 bits per heavy atom. The van der Waals surface area contributed by atoms with Crippen molar-refractivity contribution in [3.63, 3.8) is 0 Å². The maximum atomic E-state index is 12.9. The van der Waals surface area contributed by atoms with E-state index in [1.165, 1.54) is 5.56 Å². The second kappa shape index (κ2) is 6.74. The van der Waals surface area contributed by atoms with E-state index in [9.17, 15) is 4.79 Å². The summed E-state index contributed by atoms with van der Waals surface area (Å²) in [6, 6.07) is 10.0. The predicted octanol–water partition coefficient (Wildman–Crippen LogP) is 3.40. The second-order valence-corrected chi connectivity index (χ2v) is 7.14. The van der Waals surface area contributed by atoms with E-state index >= 15 is 0 Å². The van der Waals surface area contributed by atoms with Gasteiger partial charge in [0.15, 0.2) is 11.5 Å². The third-order valence-corrected chi connectivity index (χ3v) is 5.35. The highest BCUT2D eigenvalue weighted by Crippen LogP contribution is 2.37. The molecule has 1 aliphatic rings. The summed E-state index contributed by atoms with van der Waals surface area (Å²) in [5.41, 5.74) is 6.08. The Kier molecular flexibility index (Phi) is 4.40. The van der Waals surface area contributed by atoms with Crippen molar-refractivity contribution in [3.05, 3.63) is 68.5 Å². The molecule has 4 rings (SSSR count). The van der Waals surface area contributed by atoms with Crippen LogP contribution in [0.2, 0.25) is 0 Å². The smallest absolute Gasteiger partial charge is 0.253 e. The average molecular weight is 364 g/mol. The summed E-state index contributed by atoms with van der Waals surface area (Å²) < 4.78 is 10.9. The molecule has 3 aromatic rings. The lowest BCUT2D eigenvalue weighted by Gasteiger charge is -2.28. The monoisotopic (exact) mass is 364 g/mol. The molecule has 1 unspecified atom stereocenters. The number of nitrogens with one attached hydrogen (secondary N) is 2. The van der Waals surface area contributed by atoms with Crippen LogP contribution in [0, 0.1) is 13.8 Å². The molecule has 140 valence electrons. The fourth-order valence-corrected chi connectivity index (χ4v) is 4.06. The van der Waals surface area contributed by atoms with Crippen LogP contribution in [0.5, 0.6) is 11.5 Å². The Hall–Kier alpha value is -2.79. The van der Waals surface area contributed by atoms with Gasteiger partial charge in [0.25, 0.3) is 5.56 Å². The number of rotatable bonds is 3. The first kappa shape index (κ1) is 17.6. The normalized spacial score (nSPS) is 16.2. The van der Waals surface area contributed by atoms with Crippen molar-refractivity contribution in [1.29, 1.82) is 0 Å². The molecule has 5 heteroatoms. The molecule has 2 heterocycles. The lowest BCUT2D eigenvalue weighted by molar-refractivity contribution is 0.353. The van der Waals surface area contributed by atoms with Crippen LogP contribution in [0.25, 0.3) is 10.9 Å². The van der Waals surface area contributed by atoms with Crippen molar-refractivity contribution in [3.8, 4) is 11.5 Å². The van der Waals surface area contributed by atoms with E-state index < -0.39 is 0 Å². The van der Waals surface area contributed by atoms with Crippen molar-refractivity contribution in [2.75, 3.05) is 20.8 Å². The van der Waals surface area contributed by atoms with E-state index in [-0.39, 0.29) is 11.6 Å². The number of methoxy groups -OCH3 is 2.